The molecule has 0 radical (unpaired) electrons. The molecule has 27 heavy (non-hydrogen) atoms. The molecule has 7 heteroatoms. The number of fused-ring (bicyclic) bond motifs is 1. The Morgan fingerprint density at radius 2 is 1.93 bits per heavy atom. The number of hydrogen-bond acceptors (Lipinski definition) is 6. The minimum Gasteiger partial charge on any atom is -0.334 e. The zero-order valence-electron chi connectivity index (χ0n) is 15.7. The van der Waals surface area contributed by atoms with E-state index < -0.39 is 0 Å². The van der Waals surface area contributed by atoms with E-state index in [-0.39, 0.29) is 23.9 Å². The number of carbonyl (C=O) groups is 2. The van der Waals surface area contributed by atoms with Crippen LogP contribution in [0.5, 0.6) is 0 Å². The molecule has 0 bridgehead atoms. The van der Waals surface area contributed by atoms with Crippen LogP contribution < -0.4 is 5.32 Å². The van der Waals surface area contributed by atoms with Gasteiger partial charge in [-0.25, -0.2) is 0 Å². The zero-order valence-corrected chi connectivity index (χ0v) is 15.7. The molecule has 0 spiro atoms. The van der Waals surface area contributed by atoms with Gasteiger partial charge in [-0.2, -0.15) is 4.98 Å². The predicted molar refractivity (Wildman–Crippen MR) is 99.3 cm³/mol. The Morgan fingerprint density at radius 3 is 2.67 bits per heavy atom. The van der Waals surface area contributed by atoms with E-state index in [1.807, 2.05) is 14.0 Å². The molecule has 142 valence electrons. The van der Waals surface area contributed by atoms with Crippen molar-refractivity contribution in [2.24, 2.45) is 0 Å². The van der Waals surface area contributed by atoms with E-state index in [4.69, 9.17) is 4.52 Å². The van der Waals surface area contributed by atoms with Crippen molar-refractivity contribution >= 4 is 11.8 Å². The van der Waals surface area contributed by atoms with Crippen LogP contribution in [0.1, 0.15) is 65.6 Å². The summed E-state index contributed by atoms with van der Waals surface area (Å²) in [5.74, 6) is 0.598. The fourth-order valence-electron chi connectivity index (χ4n) is 3.89. The van der Waals surface area contributed by atoms with Gasteiger partial charge in [-0.15, -0.1) is 0 Å². The Kier molecular flexibility index (Phi) is 4.78. The van der Waals surface area contributed by atoms with Gasteiger partial charge in [0.25, 0.3) is 17.7 Å². The summed E-state index contributed by atoms with van der Waals surface area (Å²) in [6.07, 6.45) is 5.76. The lowest BCUT2D eigenvalue weighted by Gasteiger charge is -2.29. The largest absolute Gasteiger partial charge is 0.334 e. The highest BCUT2D eigenvalue weighted by molar-refractivity contribution is 6.22. The second-order valence-electron chi connectivity index (χ2n) is 7.44. The molecule has 1 saturated carbocycles. The Bertz CT molecular complexity index is 870. The van der Waals surface area contributed by atoms with Crippen molar-refractivity contribution in [1.29, 1.82) is 0 Å². The first-order chi connectivity index (χ1) is 13.1. The quantitative estimate of drug-likeness (QED) is 0.817. The zero-order chi connectivity index (χ0) is 19.0. The molecule has 1 atom stereocenters. The number of rotatable bonds is 5. The number of carbonyl (C=O) groups excluding carboxylic acids is 2. The van der Waals surface area contributed by atoms with Gasteiger partial charge < -0.3 is 9.84 Å². The summed E-state index contributed by atoms with van der Waals surface area (Å²) in [5, 5.41) is 7.14. The fourth-order valence-corrected chi connectivity index (χ4v) is 3.89. The molecule has 2 amide bonds. The van der Waals surface area contributed by atoms with E-state index in [0.29, 0.717) is 34.8 Å². The highest BCUT2D eigenvalue weighted by Gasteiger charge is 2.40. The van der Waals surface area contributed by atoms with E-state index >= 15 is 0 Å². The number of imide groups is 1. The Labute approximate surface area is 158 Å². The van der Waals surface area contributed by atoms with Crippen LogP contribution in [0.25, 0.3) is 11.5 Å². The van der Waals surface area contributed by atoms with Crippen molar-refractivity contribution in [1.82, 2.24) is 20.4 Å². The van der Waals surface area contributed by atoms with Gasteiger partial charge in [0.2, 0.25) is 0 Å². The monoisotopic (exact) mass is 368 g/mol. The average Bonchev–Trinajstić information content (AvgIpc) is 3.25. The average molecular weight is 368 g/mol. The second-order valence-corrected chi connectivity index (χ2v) is 7.44. The smallest absolute Gasteiger partial charge is 0.261 e. The minimum absolute atomic E-state index is 0.0210. The summed E-state index contributed by atoms with van der Waals surface area (Å²) in [7, 11) is 1.88. The van der Waals surface area contributed by atoms with Crippen LogP contribution in [0.4, 0.5) is 0 Å². The van der Waals surface area contributed by atoms with Crippen molar-refractivity contribution in [3.8, 4) is 11.5 Å². The summed E-state index contributed by atoms with van der Waals surface area (Å²) < 4.78 is 5.36. The van der Waals surface area contributed by atoms with Gasteiger partial charge in [0.1, 0.15) is 0 Å². The molecular weight excluding hydrogens is 344 g/mol. The maximum Gasteiger partial charge on any atom is 0.261 e. The van der Waals surface area contributed by atoms with Gasteiger partial charge in [0.15, 0.2) is 5.82 Å². The normalized spacial score (nSPS) is 18.8. The molecular formula is C20H24N4O3. The molecule has 2 aliphatic rings. The lowest BCUT2D eigenvalue weighted by Crippen LogP contribution is -2.40. The molecule has 1 aliphatic carbocycles. The standard InChI is InChI=1S/C20H24N4O3/c1-12(21-2)10-17-22-18(27-23-17)13-8-9-15-16(11-13)20(26)24(19(15)25)14-6-4-3-5-7-14/h8-9,11-12,14,21H,3-7,10H2,1-2H3. The van der Waals surface area contributed by atoms with Crippen molar-refractivity contribution in [2.75, 3.05) is 7.05 Å². The van der Waals surface area contributed by atoms with Gasteiger partial charge in [0, 0.05) is 24.1 Å². The van der Waals surface area contributed by atoms with Crippen molar-refractivity contribution < 1.29 is 14.1 Å². The summed E-state index contributed by atoms with van der Waals surface area (Å²) in [5.41, 5.74) is 1.57. The van der Waals surface area contributed by atoms with E-state index in [1.54, 1.807) is 18.2 Å². The molecule has 1 fully saturated rings. The number of nitrogens with zero attached hydrogens (tertiary/aromatic N) is 3. The van der Waals surface area contributed by atoms with Gasteiger partial charge in [-0.1, -0.05) is 24.4 Å². The van der Waals surface area contributed by atoms with Crippen LogP contribution in [-0.4, -0.2) is 46.0 Å². The lowest BCUT2D eigenvalue weighted by atomic mass is 9.94. The van der Waals surface area contributed by atoms with E-state index in [9.17, 15) is 9.59 Å². The molecule has 0 saturated heterocycles. The van der Waals surface area contributed by atoms with Crippen LogP contribution in [-0.2, 0) is 6.42 Å². The van der Waals surface area contributed by atoms with Crippen molar-refractivity contribution in [2.45, 2.75) is 57.5 Å². The molecule has 2 heterocycles. The van der Waals surface area contributed by atoms with Crippen molar-refractivity contribution in [3.63, 3.8) is 0 Å². The maximum absolute atomic E-state index is 12.9. The number of likely N-dealkylation sites (N-methyl/N-ethyl adjacent to an activating group) is 1. The molecule has 1 unspecified atom stereocenters. The van der Waals surface area contributed by atoms with Crippen LogP contribution in [0.2, 0.25) is 0 Å². The van der Waals surface area contributed by atoms with Gasteiger partial charge in [0.05, 0.1) is 11.1 Å². The Hall–Kier alpha value is -2.54. The van der Waals surface area contributed by atoms with Gasteiger partial charge in [-0.05, 0) is 45.0 Å². The summed E-state index contributed by atoms with van der Waals surface area (Å²) in [4.78, 5) is 31.5. The number of hydrogen-bond donors (Lipinski definition) is 1. The first kappa shape index (κ1) is 17.9. The summed E-state index contributed by atoms with van der Waals surface area (Å²) in [6, 6.07) is 5.43. The lowest BCUT2D eigenvalue weighted by molar-refractivity contribution is 0.0549. The maximum atomic E-state index is 12.9. The topological polar surface area (TPSA) is 88.3 Å². The third-order valence-electron chi connectivity index (χ3n) is 5.55. The predicted octanol–water partition coefficient (Wildman–Crippen LogP) is 2.82. The third kappa shape index (κ3) is 3.27. The highest BCUT2D eigenvalue weighted by atomic mass is 16.5. The summed E-state index contributed by atoms with van der Waals surface area (Å²) >= 11 is 0. The third-order valence-corrected chi connectivity index (χ3v) is 5.55. The molecule has 1 aromatic heterocycles. The molecule has 7 nitrogen and oxygen atoms in total. The van der Waals surface area contributed by atoms with Crippen LogP contribution in [0.15, 0.2) is 22.7 Å². The van der Waals surface area contributed by atoms with E-state index in [2.05, 4.69) is 15.5 Å². The van der Waals surface area contributed by atoms with Gasteiger partial charge in [-0.3, -0.25) is 14.5 Å². The molecule has 1 aromatic carbocycles. The van der Waals surface area contributed by atoms with E-state index in [0.717, 1.165) is 25.7 Å². The first-order valence-corrected chi connectivity index (χ1v) is 9.60. The molecule has 2 aromatic rings. The summed E-state index contributed by atoms with van der Waals surface area (Å²) in [6.45, 7) is 2.04. The molecule has 1 aliphatic heterocycles. The van der Waals surface area contributed by atoms with E-state index in [1.165, 1.54) is 11.3 Å². The van der Waals surface area contributed by atoms with Gasteiger partial charge >= 0.3 is 0 Å². The highest BCUT2D eigenvalue weighted by Crippen LogP contribution is 2.33. The number of aromatic nitrogens is 2. The number of nitrogens with one attached hydrogen (secondary N) is 1. The molecule has 1 N–H and O–H groups in total. The molecule has 4 rings (SSSR count). The van der Waals surface area contributed by atoms with Crippen LogP contribution in [0.3, 0.4) is 0 Å². The number of amides is 2. The SMILES string of the molecule is CNC(C)Cc1noc(-c2ccc3c(c2)C(=O)N(C2CCCCC2)C3=O)n1. The van der Waals surface area contributed by atoms with Crippen LogP contribution in [0, 0.1) is 0 Å². The minimum atomic E-state index is -0.202. The van der Waals surface area contributed by atoms with Crippen molar-refractivity contribution in [3.05, 3.63) is 35.2 Å². The second kappa shape index (κ2) is 7.23. The van der Waals surface area contributed by atoms with Crippen LogP contribution >= 0.6 is 0 Å². The Balaban J connectivity index is 1.59. The number of benzene rings is 1. The fraction of sp³-hybridized carbons (Fsp3) is 0.500. The first-order valence-electron chi connectivity index (χ1n) is 9.60. The Morgan fingerprint density at radius 1 is 1.19 bits per heavy atom.